The second-order valence-electron chi connectivity index (χ2n) is 5.31. The van der Waals surface area contributed by atoms with Crippen LogP contribution in [0.1, 0.15) is 32.6 Å². The summed E-state index contributed by atoms with van der Waals surface area (Å²) in [6.07, 6.45) is 4.70. The van der Waals surface area contributed by atoms with Gasteiger partial charge in [-0.1, -0.05) is 35.7 Å². The van der Waals surface area contributed by atoms with Crippen LogP contribution >= 0.6 is 15.9 Å². The third-order valence-corrected chi connectivity index (χ3v) is 4.33. The summed E-state index contributed by atoms with van der Waals surface area (Å²) >= 11 is 3.40. The first-order chi connectivity index (χ1) is 9.60. The Morgan fingerprint density at radius 3 is 2.80 bits per heavy atom. The summed E-state index contributed by atoms with van der Waals surface area (Å²) in [7, 11) is 1.59. The molecule has 1 aliphatic rings. The molecule has 2 atom stereocenters. The maximum atomic E-state index is 12.1. The highest BCUT2D eigenvalue weighted by Crippen LogP contribution is 2.28. The van der Waals surface area contributed by atoms with Crippen molar-refractivity contribution in [2.24, 2.45) is 5.92 Å². The van der Waals surface area contributed by atoms with Gasteiger partial charge >= 0.3 is 6.03 Å². The molecule has 0 radical (unpaired) electrons. The Kier molecular flexibility index (Phi) is 5.29. The molecule has 0 heterocycles. The first-order valence-electron chi connectivity index (χ1n) is 7.01. The van der Waals surface area contributed by atoms with Crippen LogP contribution in [0.5, 0.6) is 5.75 Å². The molecule has 0 aromatic heterocycles. The third-order valence-electron chi connectivity index (χ3n) is 3.84. The Bertz CT molecular complexity index is 479. The number of carbonyl (C=O) groups excluding carboxylic acids is 1. The highest BCUT2D eigenvalue weighted by atomic mass is 79.9. The van der Waals surface area contributed by atoms with Crippen LogP contribution in [0, 0.1) is 5.92 Å². The van der Waals surface area contributed by atoms with Crippen LogP contribution in [-0.2, 0) is 0 Å². The fourth-order valence-corrected chi connectivity index (χ4v) is 3.00. The summed E-state index contributed by atoms with van der Waals surface area (Å²) in [5, 5.41) is 5.93. The number of urea groups is 1. The lowest BCUT2D eigenvalue weighted by molar-refractivity contribution is 0.232. The summed E-state index contributed by atoms with van der Waals surface area (Å²) in [6, 6.07) is 5.64. The van der Waals surface area contributed by atoms with Crippen molar-refractivity contribution in [1.82, 2.24) is 5.32 Å². The van der Waals surface area contributed by atoms with Gasteiger partial charge in [0.1, 0.15) is 5.75 Å². The zero-order valence-corrected chi connectivity index (χ0v) is 13.5. The van der Waals surface area contributed by atoms with E-state index < -0.39 is 0 Å². The predicted molar refractivity (Wildman–Crippen MR) is 84.3 cm³/mol. The van der Waals surface area contributed by atoms with E-state index in [1.165, 1.54) is 19.3 Å². The monoisotopic (exact) mass is 340 g/mol. The van der Waals surface area contributed by atoms with E-state index in [1.807, 2.05) is 18.2 Å². The summed E-state index contributed by atoms with van der Waals surface area (Å²) in [6.45, 7) is 2.20. The molecule has 2 N–H and O–H groups in total. The van der Waals surface area contributed by atoms with Crippen LogP contribution in [-0.4, -0.2) is 19.2 Å². The van der Waals surface area contributed by atoms with Crippen LogP contribution < -0.4 is 15.4 Å². The smallest absolute Gasteiger partial charge is 0.319 e. The Balaban J connectivity index is 1.99. The molecule has 0 aliphatic heterocycles. The number of hydrogen-bond donors (Lipinski definition) is 2. The van der Waals surface area contributed by atoms with E-state index >= 15 is 0 Å². The number of nitrogens with one attached hydrogen (secondary N) is 2. The zero-order chi connectivity index (χ0) is 14.5. The number of carbonyl (C=O) groups is 1. The summed E-state index contributed by atoms with van der Waals surface area (Å²) < 4.78 is 6.15. The summed E-state index contributed by atoms with van der Waals surface area (Å²) in [4.78, 5) is 12.1. The van der Waals surface area contributed by atoms with Crippen LogP contribution in [0.25, 0.3) is 0 Å². The van der Waals surface area contributed by atoms with Crippen molar-refractivity contribution in [2.75, 3.05) is 12.4 Å². The zero-order valence-electron chi connectivity index (χ0n) is 11.9. The molecule has 1 saturated carbocycles. The Labute approximate surface area is 128 Å². The molecule has 0 spiro atoms. The van der Waals surface area contributed by atoms with Gasteiger partial charge in [0, 0.05) is 10.5 Å². The normalized spacial score (nSPS) is 22.1. The van der Waals surface area contributed by atoms with Crippen molar-refractivity contribution in [3.8, 4) is 5.75 Å². The lowest BCUT2D eigenvalue weighted by atomic mass is 9.86. The van der Waals surface area contributed by atoms with Gasteiger partial charge < -0.3 is 15.4 Å². The first kappa shape index (κ1) is 15.2. The summed E-state index contributed by atoms with van der Waals surface area (Å²) in [5.74, 6) is 1.19. The molecule has 1 aromatic rings. The minimum absolute atomic E-state index is 0.167. The molecule has 1 aliphatic carbocycles. The maximum absolute atomic E-state index is 12.1. The molecule has 2 amide bonds. The molecule has 0 bridgehead atoms. The van der Waals surface area contributed by atoms with Crippen LogP contribution in [0.15, 0.2) is 22.7 Å². The SMILES string of the molecule is COc1ccc(Br)cc1NC(=O)NC1CCCCC1C. The van der Waals surface area contributed by atoms with Gasteiger partial charge in [0.2, 0.25) is 0 Å². The molecule has 1 fully saturated rings. The molecular formula is C15H21BrN2O2. The van der Waals surface area contributed by atoms with E-state index in [-0.39, 0.29) is 12.1 Å². The molecule has 5 heteroatoms. The number of benzene rings is 1. The van der Waals surface area contributed by atoms with Gasteiger partial charge in [0.15, 0.2) is 0 Å². The van der Waals surface area contributed by atoms with Gasteiger partial charge in [-0.05, 0) is 37.0 Å². The minimum atomic E-state index is -0.167. The molecule has 20 heavy (non-hydrogen) atoms. The fourth-order valence-electron chi connectivity index (χ4n) is 2.64. The van der Waals surface area contributed by atoms with Crippen LogP contribution in [0.4, 0.5) is 10.5 Å². The third kappa shape index (κ3) is 3.88. The molecule has 110 valence electrons. The lowest BCUT2D eigenvalue weighted by Gasteiger charge is -2.29. The van der Waals surface area contributed by atoms with Crippen LogP contribution in [0.3, 0.4) is 0 Å². The van der Waals surface area contributed by atoms with Crippen molar-refractivity contribution in [3.63, 3.8) is 0 Å². The van der Waals surface area contributed by atoms with Crippen molar-refractivity contribution >= 4 is 27.6 Å². The number of amides is 2. The van der Waals surface area contributed by atoms with Crippen molar-refractivity contribution in [3.05, 3.63) is 22.7 Å². The largest absolute Gasteiger partial charge is 0.495 e. The number of ether oxygens (including phenoxy) is 1. The maximum Gasteiger partial charge on any atom is 0.319 e. The molecule has 2 unspecified atom stereocenters. The van der Waals surface area contributed by atoms with Gasteiger partial charge in [-0.2, -0.15) is 0 Å². The number of rotatable bonds is 3. The fraction of sp³-hybridized carbons (Fsp3) is 0.533. The minimum Gasteiger partial charge on any atom is -0.495 e. The van der Waals surface area contributed by atoms with Crippen LogP contribution in [0.2, 0.25) is 0 Å². The lowest BCUT2D eigenvalue weighted by Crippen LogP contribution is -2.43. The number of hydrogen-bond acceptors (Lipinski definition) is 2. The highest BCUT2D eigenvalue weighted by molar-refractivity contribution is 9.10. The molecule has 2 rings (SSSR count). The quantitative estimate of drug-likeness (QED) is 0.867. The Morgan fingerprint density at radius 1 is 1.35 bits per heavy atom. The molecule has 4 nitrogen and oxygen atoms in total. The van der Waals surface area contributed by atoms with Gasteiger partial charge in [0.05, 0.1) is 12.8 Å². The van der Waals surface area contributed by atoms with Gasteiger partial charge in [-0.25, -0.2) is 4.79 Å². The highest BCUT2D eigenvalue weighted by Gasteiger charge is 2.23. The van der Waals surface area contributed by atoms with E-state index in [0.717, 1.165) is 10.9 Å². The van der Waals surface area contributed by atoms with E-state index in [4.69, 9.17) is 4.74 Å². The molecule has 1 aromatic carbocycles. The average Bonchev–Trinajstić information content (AvgIpc) is 2.41. The number of methoxy groups -OCH3 is 1. The standard InChI is InChI=1S/C15H21BrN2O2/c1-10-5-3-4-6-12(10)17-15(19)18-13-9-11(16)7-8-14(13)20-2/h7-10,12H,3-6H2,1-2H3,(H2,17,18,19). The second kappa shape index (κ2) is 6.97. The number of halogens is 1. The van der Waals surface area contributed by atoms with Gasteiger partial charge in [0.25, 0.3) is 0 Å². The Hall–Kier alpha value is -1.23. The average molecular weight is 341 g/mol. The van der Waals surface area contributed by atoms with Gasteiger partial charge in [-0.3, -0.25) is 0 Å². The predicted octanol–water partition coefficient (Wildman–Crippen LogP) is 4.16. The van der Waals surface area contributed by atoms with E-state index in [1.54, 1.807) is 7.11 Å². The van der Waals surface area contributed by atoms with Crippen molar-refractivity contribution in [1.29, 1.82) is 0 Å². The Morgan fingerprint density at radius 2 is 2.10 bits per heavy atom. The summed E-state index contributed by atoms with van der Waals surface area (Å²) in [5.41, 5.74) is 0.669. The topological polar surface area (TPSA) is 50.4 Å². The van der Waals surface area contributed by atoms with Crippen molar-refractivity contribution in [2.45, 2.75) is 38.6 Å². The van der Waals surface area contributed by atoms with E-state index in [2.05, 4.69) is 33.5 Å². The van der Waals surface area contributed by atoms with E-state index in [0.29, 0.717) is 17.4 Å². The second-order valence-corrected chi connectivity index (χ2v) is 6.23. The molecular weight excluding hydrogens is 320 g/mol. The molecule has 0 saturated heterocycles. The first-order valence-corrected chi connectivity index (χ1v) is 7.80. The van der Waals surface area contributed by atoms with E-state index in [9.17, 15) is 4.79 Å². The van der Waals surface area contributed by atoms with Gasteiger partial charge in [-0.15, -0.1) is 0 Å². The van der Waals surface area contributed by atoms with Crippen molar-refractivity contribution < 1.29 is 9.53 Å². The number of anilines is 1.